The van der Waals surface area contributed by atoms with Crippen LogP contribution in [0.25, 0.3) is 0 Å². The smallest absolute Gasteiger partial charge is 0.293 e. The molecular formula is C24H30N4O5S. The summed E-state index contributed by atoms with van der Waals surface area (Å²) in [4.78, 5) is 25.8. The molecule has 0 spiro atoms. The highest BCUT2D eigenvalue weighted by Gasteiger charge is 2.33. The minimum absolute atomic E-state index is 0.152. The van der Waals surface area contributed by atoms with Gasteiger partial charge in [0.05, 0.1) is 9.82 Å². The van der Waals surface area contributed by atoms with Crippen LogP contribution in [-0.2, 0) is 10.0 Å². The average molecular weight is 487 g/mol. The Morgan fingerprint density at radius 1 is 1.00 bits per heavy atom. The topological polar surface area (TPSA) is 113 Å². The first-order valence-corrected chi connectivity index (χ1v) is 12.9. The summed E-state index contributed by atoms with van der Waals surface area (Å²) in [6.45, 7) is 8.54. The lowest BCUT2D eigenvalue weighted by molar-refractivity contribution is -0.384. The molecule has 2 aromatic carbocycles. The van der Waals surface area contributed by atoms with Gasteiger partial charge in [-0.3, -0.25) is 14.9 Å². The predicted molar refractivity (Wildman–Crippen MR) is 130 cm³/mol. The number of nitrogens with zero attached hydrogens (tertiary/aromatic N) is 3. The Hall–Kier alpha value is -2.98. The molecule has 1 aliphatic heterocycles. The maximum Gasteiger partial charge on any atom is 0.293 e. The molecule has 182 valence electrons. The van der Waals surface area contributed by atoms with Crippen molar-refractivity contribution >= 4 is 27.3 Å². The second kappa shape index (κ2) is 8.99. The van der Waals surface area contributed by atoms with Gasteiger partial charge in [0, 0.05) is 43.9 Å². The van der Waals surface area contributed by atoms with Gasteiger partial charge < -0.3 is 10.2 Å². The zero-order chi connectivity index (χ0) is 24.8. The van der Waals surface area contributed by atoms with Crippen molar-refractivity contribution in [2.45, 2.75) is 51.5 Å². The quantitative estimate of drug-likeness (QED) is 0.495. The number of nitro benzene ring substituents is 1. The van der Waals surface area contributed by atoms with Crippen LogP contribution < -0.4 is 10.2 Å². The number of nitrogens with one attached hydrogen (secondary N) is 1. The lowest BCUT2D eigenvalue weighted by atomic mass is 10.0. The average Bonchev–Trinajstić information content (AvgIpc) is 3.61. The highest BCUT2D eigenvalue weighted by molar-refractivity contribution is 7.89. The van der Waals surface area contributed by atoms with Crippen LogP contribution >= 0.6 is 0 Å². The maximum atomic E-state index is 13.5. The fourth-order valence-corrected chi connectivity index (χ4v) is 6.44. The fourth-order valence-electron chi connectivity index (χ4n) is 4.44. The first-order valence-electron chi connectivity index (χ1n) is 11.4. The number of carbonyl (C=O) groups is 1. The first-order chi connectivity index (χ1) is 16.0. The summed E-state index contributed by atoms with van der Waals surface area (Å²) in [5, 5.41) is 14.6. The Morgan fingerprint density at radius 2 is 1.59 bits per heavy atom. The molecule has 0 atom stereocenters. The Balaban J connectivity index is 1.55. The van der Waals surface area contributed by atoms with Crippen LogP contribution in [0.1, 0.15) is 45.5 Å². The predicted octanol–water partition coefficient (Wildman–Crippen LogP) is 3.23. The van der Waals surface area contributed by atoms with Gasteiger partial charge in [0.1, 0.15) is 5.69 Å². The van der Waals surface area contributed by atoms with Gasteiger partial charge in [-0.05, 0) is 74.9 Å². The van der Waals surface area contributed by atoms with Gasteiger partial charge in [-0.15, -0.1) is 0 Å². The normalized spacial score (nSPS) is 17.0. The number of aryl methyl sites for hydroxylation is 2. The summed E-state index contributed by atoms with van der Waals surface area (Å²) in [7, 11) is -3.70. The molecule has 1 saturated heterocycles. The number of rotatable bonds is 6. The summed E-state index contributed by atoms with van der Waals surface area (Å²) in [5.74, 6) is -0.313. The van der Waals surface area contributed by atoms with Gasteiger partial charge in [-0.25, -0.2) is 8.42 Å². The van der Waals surface area contributed by atoms with Crippen molar-refractivity contribution in [3.63, 3.8) is 0 Å². The highest BCUT2D eigenvalue weighted by Crippen LogP contribution is 2.33. The van der Waals surface area contributed by atoms with Crippen LogP contribution in [0, 0.1) is 37.8 Å². The lowest BCUT2D eigenvalue weighted by Gasteiger charge is -2.35. The Morgan fingerprint density at radius 3 is 2.12 bits per heavy atom. The summed E-state index contributed by atoms with van der Waals surface area (Å²) in [5.41, 5.74) is 3.86. The van der Waals surface area contributed by atoms with Crippen LogP contribution in [0.2, 0.25) is 0 Å². The van der Waals surface area contributed by atoms with Crippen molar-refractivity contribution in [2.75, 3.05) is 31.1 Å². The Bertz CT molecular complexity index is 1240. The van der Waals surface area contributed by atoms with E-state index < -0.39 is 14.9 Å². The first kappa shape index (κ1) is 24.2. The molecule has 1 amide bonds. The molecule has 0 unspecified atom stereocenters. The minimum Gasteiger partial charge on any atom is -0.363 e. The molecule has 2 fully saturated rings. The van der Waals surface area contributed by atoms with Crippen molar-refractivity contribution < 1.29 is 18.1 Å². The standard InChI is InChI=1S/C24H30N4O5S/c1-15-13-16(2)18(4)23(17(15)3)34(32,33)27-11-9-26(10-12-27)21-8-5-19(14-22(21)28(30)31)24(29)25-20-6-7-20/h5,8,13-14,20H,6-7,9-12H2,1-4H3,(H,25,29). The number of hydrogen-bond donors (Lipinski definition) is 1. The Kier molecular flexibility index (Phi) is 6.39. The maximum absolute atomic E-state index is 13.5. The number of amides is 1. The third-order valence-corrected chi connectivity index (χ3v) is 8.99. The number of anilines is 1. The van der Waals surface area contributed by atoms with E-state index in [2.05, 4.69) is 5.32 Å². The van der Waals surface area contributed by atoms with Crippen LogP contribution in [0.15, 0.2) is 29.2 Å². The van der Waals surface area contributed by atoms with E-state index in [0.29, 0.717) is 23.7 Å². The number of carbonyl (C=O) groups excluding carboxylic acids is 1. The van der Waals surface area contributed by atoms with E-state index in [1.165, 1.54) is 10.4 Å². The van der Waals surface area contributed by atoms with E-state index in [9.17, 15) is 23.3 Å². The van der Waals surface area contributed by atoms with Crippen molar-refractivity contribution in [3.05, 3.63) is 62.2 Å². The second-order valence-electron chi connectivity index (χ2n) is 9.19. The van der Waals surface area contributed by atoms with E-state index in [1.807, 2.05) is 38.7 Å². The number of nitro groups is 1. The molecule has 1 aliphatic carbocycles. The van der Waals surface area contributed by atoms with Crippen molar-refractivity contribution in [1.82, 2.24) is 9.62 Å². The highest BCUT2D eigenvalue weighted by atomic mass is 32.2. The van der Waals surface area contributed by atoms with Crippen LogP contribution in [0.5, 0.6) is 0 Å². The number of hydrogen-bond acceptors (Lipinski definition) is 6. The molecule has 9 nitrogen and oxygen atoms in total. The molecular weight excluding hydrogens is 456 g/mol. The number of benzene rings is 2. The zero-order valence-electron chi connectivity index (χ0n) is 19.9. The second-order valence-corrected chi connectivity index (χ2v) is 11.1. The molecule has 10 heteroatoms. The molecule has 2 aliphatic rings. The van der Waals surface area contributed by atoms with Gasteiger partial charge in [0.25, 0.3) is 11.6 Å². The molecule has 0 radical (unpaired) electrons. The summed E-state index contributed by atoms with van der Waals surface area (Å²) >= 11 is 0. The number of piperazine rings is 1. The Labute approximate surface area is 200 Å². The van der Waals surface area contributed by atoms with Crippen LogP contribution in [-0.4, -0.2) is 55.8 Å². The lowest BCUT2D eigenvalue weighted by Crippen LogP contribution is -2.49. The van der Waals surface area contributed by atoms with E-state index in [4.69, 9.17) is 0 Å². The minimum atomic E-state index is -3.70. The third-order valence-electron chi connectivity index (χ3n) is 6.82. The largest absolute Gasteiger partial charge is 0.363 e. The monoisotopic (exact) mass is 486 g/mol. The zero-order valence-corrected chi connectivity index (χ0v) is 20.7. The fraction of sp³-hybridized carbons (Fsp3) is 0.458. The van der Waals surface area contributed by atoms with Gasteiger partial charge in [-0.2, -0.15) is 4.31 Å². The van der Waals surface area contributed by atoms with Crippen LogP contribution in [0.4, 0.5) is 11.4 Å². The molecule has 0 aromatic heterocycles. The van der Waals surface area contributed by atoms with Gasteiger partial charge in [0.2, 0.25) is 10.0 Å². The summed E-state index contributed by atoms with van der Waals surface area (Å²) in [6, 6.07) is 6.63. The number of sulfonamides is 1. The molecule has 1 heterocycles. The summed E-state index contributed by atoms with van der Waals surface area (Å²) in [6.07, 6.45) is 1.86. The third kappa shape index (κ3) is 4.52. The molecule has 0 bridgehead atoms. The van der Waals surface area contributed by atoms with Crippen molar-refractivity contribution in [3.8, 4) is 0 Å². The molecule has 34 heavy (non-hydrogen) atoms. The molecule has 1 N–H and O–H groups in total. The van der Waals surface area contributed by atoms with Crippen molar-refractivity contribution in [1.29, 1.82) is 0 Å². The van der Waals surface area contributed by atoms with E-state index in [1.54, 1.807) is 12.1 Å². The molecule has 2 aromatic rings. The summed E-state index contributed by atoms with van der Waals surface area (Å²) < 4.78 is 28.5. The van der Waals surface area contributed by atoms with Gasteiger partial charge in [-0.1, -0.05) is 6.07 Å². The van der Waals surface area contributed by atoms with Gasteiger partial charge in [0.15, 0.2) is 0 Å². The molecule has 4 rings (SSSR count). The van der Waals surface area contributed by atoms with E-state index in [0.717, 1.165) is 35.1 Å². The van der Waals surface area contributed by atoms with E-state index >= 15 is 0 Å². The van der Waals surface area contributed by atoms with Gasteiger partial charge >= 0.3 is 0 Å². The molecule has 1 saturated carbocycles. The SMILES string of the molecule is Cc1cc(C)c(C)c(S(=O)(=O)N2CCN(c3ccc(C(=O)NC4CC4)cc3[N+](=O)[O-])CC2)c1C. The van der Waals surface area contributed by atoms with Crippen molar-refractivity contribution in [2.24, 2.45) is 0 Å². The van der Waals surface area contributed by atoms with E-state index in [-0.39, 0.29) is 36.3 Å². The van der Waals surface area contributed by atoms with Crippen LogP contribution in [0.3, 0.4) is 0 Å².